The highest BCUT2D eigenvalue weighted by Crippen LogP contribution is 2.40. The highest BCUT2D eigenvalue weighted by molar-refractivity contribution is 5.68. The van der Waals surface area contributed by atoms with E-state index in [4.69, 9.17) is 0 Å². The minimum atomic E-state index is 0.732. The van der Waals surface area contributed by atoms with Gasteiger partial charge in [-0.15, -0.1) is 0 Å². The summed E-state index contributed by atoms with van der Waals surface area (Å²) in [5.74, 6) is 0.801. The highest BCUT2D eigenvalue weighted by atomic mass is 15.0. The fraction of sp³-hybridized carbons (Fsp3) is 0.417. The molecule has 0 radical (unpaired) electrons. The number of hydrogen-bond donors (Lipinski definition) is 1. The normalized spacial score (nSPS) is 27.9. The van der Waals surface area contributed by atoms with Gasteiger partial charge in [-0.1, -0.05) is 13.0 Å². The number of pyridine rings is 1. The predicted molar refractivity (Wildman–Crippen MR) is 56.6 cm³/mol. The van der Waals surface area contributed by atoms with Gasteiger partial charge >= 0.3 is 0 Å². The van der Waals surface area contributed by atoms with Crippen LogP contribution in [0.1, 0.15) is 24.5 Å². The second-order valence-electron chi connectivity index (χ2n) is 4.17. The van der Waals surface area contributed by atoms with E-state index >= 15 is 0 Å². The first kappa shape index (κ1) is 8.04. The minimum absolute atomic E-state index is 0.732. The van der Waals surface area contributed by atoms with Crippen LogP contribution in [-0.2, 0) is 6.42 Å². The lowest BCUT2D eigenvalue weighted by Crippen LogP contribution is -2.11. The lowest BCUT2D eigenvalue weighted by atomic mass is 10.1. The quantitative estimate of drug-likeness (QED) is 0.764. The summed E-state index contributed by atoms with van der Waals surface area (Å²) < 4.78 is 0. The van der Waals surface area contributed by atoms with Gasteiger partial charge in [-0.3, -0.25) is 4.98 Å². The first-order valence-electron chi connectivity index (χ1n) is 5.29. The molecule has 0 spiro atoms. The molecule has 2 aliphatic rings. The smallest absolute Gasteiger partial charge is 0.0394 e. The first-order chi connectivity index (χ1) is 6.86. The van der Waals surface area contributed by atoms with Gasteiger partial charge in [0.2, 0.25) is 0 Å². The van der Waals surface area contributed by atoms with E-state index < -0.39 is 0 Å². The summed E-state index contributed by atoms with van der Waals surface area (Å²) in [4.78, 5) is 4.26. The van der Waals surface area contributed by atoms with Crippen LogP contribution in [0, 0.1) is 5.92 Å². The average Bonchev–Trinajstić information content (AvgIpc) is 2.86. The number of rotatable bonds is 2. The van der Waals surface area contributed by atoms with Gasteiger partial charge in [-0.2, -0.15) is 0 Å². The summed E-state index contributed by atoms with van der Waals surface area (Å²) in [6, 6.07) is 2.96. The van der Waals surface area contributed by atoms with Gasteiger partial charge in [-0.05, 0) is 24.5 Å². The molecule has 0 bridgehead atoms. The number of aryl methyl sites for hydroxylation is 1. The molecule has 2 heteroatoms. The maximum Gasteiger partial charge on any atom is 0.0394 e. The van der Waals surface area contributed by atoms with Crippen molar-refractivity contribution in [2.45, 2.75) is 25.8 Å². The zero-order valence-electron chi connectivity index (χ0n) is 8.33. The van der Waals surface area contributed by atoms with Crippen LogP contribution in [0.4, 0.5) is 0 Å². The molecule has 1 aromatic heterocycles. The number of fused-ring (bicyclic) bond motifs is 1. The molecule has 1 saturated carbocycles. The summed E-state index contributed by atoms with van der Waals surface area (Å²) in [7, 11) is 0. The van der Waals surface area contributed by atoms with Crippen molar-refractivity contribution in [3.05, 3.63) is 35.7 Å². The molecular weight excluding hydrogens is 172 g/mol. The fourth-order valence-electron chi connectivity index (χ4n) is 2.03. The molecule has 3 rings (SSSR count). The van der Waals surface area contributed by atoms with Crippen LogP contribution in [0.5, 0.6) is 0 Å². The molecule has 0 amide bonds. The largest absolute Gasteiger partial charge is 0.381 e. The topological polar surface area (TPSA) is 24.9 Å². The summed E-state index contributed by atoms with van der Waals surface area (Å²) in [5.41, 5.74) is 3.84. The standard InChI is InChI=1S/C12H14N2/c1-2-8-3-10(7-13-6-8)12-5-9-4-11(9)14-12/h3,5-7,9,11,14H,2,4H2,1H3. The van der Waals surface area contributed by atoms with Gasteiger partial charge in [-0.25, -0.2) is 0 Å². The molecule has 0 aromatic carbocycles. The van der Waals surface area contributed by atoms with Crippen molar-refractivity contribution >= 4 is 5.70 Å². The van der Waals surface area contributed by atoms with Crippen molar-refractivity contribution in [3.63, 3.8) is 0 Å². The summed E-state index contributed by atoms with van der Waals surface area (Å²) in [5, 5.41) is 3.52. The van der Waals surface area contributed by atoms with Gasteiger partial charge in [0.1, 0.15) is 0 Å². The highest BCUT2D eigenvalue weighted by Gasteiger charge is 2.40. The van der Waals surface area contributed by atoms with Gasteiger partial charge < -0.3 is 5.32 Å². The number of hydrogen-bond acceptors (Lipinski definition) is 2. The molecule has 1 aliphatic heterocycles. The molecule has 1 aliphatic carbocycles. The van der Waals surface area contributed by atoms with Crippen molar-refractivity contribution < 1.29 is 0 Å². The molecule has 2 atom stereocenters. The van der Waals surface area contributed by atoms with E-state index in [1.807, 2.05) is 12.4 Å². The first-order valence-corrected chi connectivity index (χ1v) is 5.29. The molecule has 1 fully saturated rings. The van der Waals surface area contributed by atoms with E-state index in [1.54, 1.807) is 0 Å². The maximum absolute atomic E-state index is 4.26. The summed E-state index contributed by atoms with van der Waals surface area (Å²) in [6.07, 6.45) is 8.62. The Balaban J connectivity index is 1.92. The molecule has 14 heavy (non-hydrogen) atoms. The predicted octanol–water partition coefficient (Wildman–Crippen LogP) is 1.98. The Morgan fingerprint density at radius 1 is 1.50 bits per heavy atom. The zero-order valence-corrected chi connectivity index (χ0v) is 8.33. The second kappa shape index (κ2) is 2.84. The molecule has 1 aromatic rings. The lowest BCUT2D eigenvalue weighted by Gasteiger charge is -2.07. The molecule has 2 nitrogen and oxygen atoms in total. The van der Waals surface area contributed by atoms with Crippen molar-refractivity contribution in [1.29, 1.82) is 0 Å². The minimum Gasteiger partial charge on any atom is -0.381 e. The molecule has 0 saturated heterocycles. The van der Waals surface area contributed by atoms with E-state index in [2.05, 4.69) is 29.4 Å². The van der Waals surface area contributed by atoms with Gasteiger partial charge in [0.25, 0.3) is 0 Å². The monoisotopic (exact) mass is 186 g/mol. The SMILES string of the molecule is CCc1cncc(C2=CC3CC3N2)c1. The van der Waals surface area contributed by atoms with Gasteiger partial charge in [0.15, 0.2) is 0 Å². The number of nitrogens with one attached hydrogen (secondary N) is 1. The third kappa shape index (κ3) is 1.22. The van der Waals surface area contributed by atoms with Crippen LogP contribution in [-0.4, -0.2) is 11.0 Å². The Labute approximate surface area is 84.1 Å². The van der Waals surface area contributed by atoms with Gasteiger partial charge in [0, 0.05) is 35.6 Å². The van der Waals surface area contributed by atoms with Crippen LogP contribution in [0.15, 0.2) is 24.5 Å². The van der Waals surface area contributed by atoms with E-state index in [-0.39, 0.29) is 0 Å². The molecule has 2 heterocycles. The van der Waals surface area contributed by atoms with E-state index in [0.717, 1.165) is 18.4 Å². The maximum atomic E-state index is 4.26. The lowest BCUT2D eigenvalue weighted by molar-refractivity contribution is 0.882. The van der Waals surface area contributed by atoms with Crippen molar-refractivity contribution in [3.8, 4) is 0 Å². The summed E-state index contributed by atoms with van der Waals surface area (Å²) in [6.45, 7) is 2.16. The van der Waals surface area contributed by atoms with Crippen LogP contribution >= 0.6 is 0 Å². The third-order valence-corrected chi connectivity index (χ3v) is 3.08. The van der Waals surface area contributed by atoms with Crippen molar-refractivity contribution in [2.75, 3.05) is 0 Å². The van der Waals surface area contributed by atoms with Crippen LogP contribution < -0.4 is 5.32 Å². The molecular formula is C12H14N2. The van der Waals surface area contributed by atoms with Crippen molar-refractivity contribution in [2.24, 2.45) is 5.92 Å². The van der Waals surface area contributed by atoms with E-state index in [9.17, 15) is 0 Å². The Morgan fingerprint density at radius 2 is 2.43 bits per heavy atom. The average molecular weight is 186 g/mol. The van der Waals surface area contributed by atoms with Crippen LogP contribution in [0.2, 0.25) is 0 Å². The van der Waals surface area contributed by atoms with E-state index in [0.29, 0.717) is 0 Å². The zero-order chi connectivity index (χ0) is 9.54. The Morgan fingerprint density at radius 3 is 3.14 bits per heavy atom. The third-order valence-electron chi connectivity index (χ3n) is 3.08. The molecule has 1 N–H and O–H groups in total. The molecule has 72 valence electrons. The Kier molecular flexibility index (Phi) is 1.63. The van der Waals surface area contributed by atoms with Crippen LogP contribution in [0.3, 0.4) is 0 Å². The second-order valence-corrected chi connectivity index (χ2v) is 4.17. The molecule has 2 unspecified atom stereocenters. The van der Waals surface area contributed by atoms with Crippen molar-refractivity contribution in [1.82, 2.24) is 10.3 Å². The fourth-order valence-corrected chi connectivity index (χ4v) is 2.03. The Hall–Kier alpha value is -1.31. The van der Waals surface area contributed by atoms with Crippen LogP contribution in [0.25, 0.3) is 5.70 Å². The Bertz CT molecular complexity index is 395. The van der Waals surface area contributed by atoms with Gasteiger partial charge in [0.05, 0.1) is 0 Å². The number of nitrogens with zero attached hydrogens (tertiary/aromatic N) is 1. The van der Waals surface area contributed by atoms with E-state index in [1.165, 1.54) is 23.2 Å². The number of aromatic nitrogens is 1. The summed E-state index contributed by atoms with van der Waals surface area (Å²) >= 11 is 0.